The van der Waals surface area contributed by atoms with Crippen LogP contribution in [-0.4, -0.2) is 17.6 Å². The molecule has 0 unspecified atom stereocenters. The van der Waals surface area contributed by atoms with Crippen LogP contribution in [0, 0.1) is 18.8 Å². The monoisotopic (exact) mass is 299 g/mol. The molecule has 106 valence electrons. The van der Waals surface area contributed by atoms with Crippen LogP contribution in [0.1, 0.15) is 21.5 Å². The van der Waals surface area contributed by atoms with Crippen LogP contribution < -0.4 is 5.32 Å². The second kappa shape index (κ2) is 6.94. The highest BCUT2D eigenvalue weighted by Crippen LogP contribution is 2.19. The molecule has 2 aromatic rings. The second-order valence-electron chi connectivity index (χ2n) is 4.42. The number of amides is 1. The Morgan fingerprint density at radius 2 is 2.05 bits per heavy atom. The molecule has 0 aromatic heterocycles. The fourth-order valence-corrected chi connectivity index (χ4v) is 2.08. The van der Waals surface area contributed by atoms with Crippen molar-refractivity contribution in [3.63, 3.8) is 0 Å². The van der Waals surface area contributed by atoms with Gasteiger partial charge in [0.15, 0.2) is 0 Å². The van der Waals surface area contributed by atoms with E-state index in [-0.39, 0.29) is 12.5 Å². The van der Waals surface area contributed by atoms with E-state index in [0.717, 1.165) is 11.1 Å². The van der Waals surface area contributed by atoms with Gasteiger partial charge < -0.3 is 10.4 Å². The Hall–Kier alpha value is -2.28. The van der Waals surface area contributed by atoms with E-state index in [1.54, 1.807) is 36.4 Å². The van der Waals surface area contributed by atoms with Crippen LogP contribution in [0.5, 0.6) is 0 Å². The molecule has 21 heavy (non-hydrogen) atoms. The number of aliphatic hydroxyl groups is 1. The molecule has 4 heteroatoms. The van der Waals surface area contributed by atoms with Crippen molar-refractivity contribution < 1.29 is 9.90 Å². The van der Waals surface area contributed by atoms with Crippen LogP contribution in [-0.2, 0) is 0 Å². The molecule has 2 aromatic carbocycles. The van der Waals surface area contributed by atoms with Gasteiger partial charge in [0.2, 0.25) is 0 Å². The number of anilines is 1. The highest BCUT2D eigenvalue weighted by Gasteiger charge is 2.10. The molecule has 0 aliphatic carbocycles. The number of benzene rings is 2. The maximum absolute atomic E-state index is 12.1. The lowest BCUT2D eigenvalue weighted by molar-refractivity contribution is 0.102. The number of aryl methyl sites for hydroxylation is 1. The van der Waals surface area contributed by atoms with Crippen molar-refractivity contribution in [3.05, 3.63) is 64.2 Å². The number of carbonyl (C=O) groups is 1. The highest BCUT2D eigenvalue weighted by atomic mass is 35.5. The zero-order valence-electron chi connectivity index (χ0n) is 11.5. The Morgan fingerprint density at radius 1 is 1.29 bits per heavy atom. The van der Waals surface area contributed by atoms with Gasteiger partial charge in [-0.1, -0.05) is 35.6 Å². The van der Waals surface area contributed by atoms with Crippen LogP contribution in [0.15, 0.2) is 42.5 Å². The average molecular weight is 300 g/mol. The third kappa shape index (κ3) is 3.85. The van der Waals surface area contributed by atoms with Gasteiger partial charge in [-0.25, -0.2) is 0 Å². The van der Waals surface area contributed by atoms with Gasteiger partial charge in [-0.2, -0.15) is 0 Å². The van der Waals surface area contributed by atoms with E-state index in [1.807, 2.05) is 13.0 Å². The summed E-state index contributed by atoms with van der Waals surface area (Å²) < 4.78 is 0. The summed E-state index contributed by atoms with van der Waals surface area (Å²) in [5.41, 5.74) is 2.85. The quantitative estimate of drug-likeness (QED) is 0.836. The van der Waals surface area contributed by atoms with Crippen molar-refractivity contribution in [2.75, 3.05) is 11.9 Å². The van der Waals surface area contributed by atoms with Gasteiger partial charge in [-0.05, 0) is 42.8 Å². The van der Waals surface area contributed by atoms with Gasteiger partial charge in [0.25, 0.3) is 5.91 Å². The Balaban J connectivity index is 2.19. The molecule has 0 heterocycles. The number of hydrogen-bond donors (Lipinski definition) is 2. The van der Waals surface area contributed by atoms with E-state index >= 15 is 0 Å². The highest BCUT2D eigenvalue weighted by molar-refractivity contribution is 6.34. The molecule has 2 rings (SSSR count). The molecule has 1 amide bonds. The number of halogens is 1. The van der Waals surface area contributed by atoms with E-state index in [9.17, 15) is 4.79 Å². The second-order valence-corrected chi connectivity index (χ2v) is 4.83. The van der Waals surface area contributed by atoms with E-state index in [0.29, 0.717) is 16.3 Å². The molecule has 2 N–H and O–H groups in total. The van der Waals surface area contributed by atoms with Gasteiger partial charge in [0.05, 0.1) is 10.6 Å². The van der Waals surface area contributed by atoms with Crippen molar-refractivity contribution >= 4 is 23.2 Å². The smallest absolute Gasteiger partial charge is 0.257 e. The molecule has 0 aliphatic heterocycles. The van der Waals surface area contributed by atoms with Gasteiger partial charge >= 0.3 is 0 Å². The Labute approximate surface area is 128 Å². The molecule has 0 fully saturated rings. The molecule has 0 spiro atoms. The Morgan fingerprint density at radius 3 is 2.71 bits per heavy atom. The minimum atomic E-state index is -0.255. The first-order valence-corrected chi connectivity index (χ1v) is 6.76. The average Bonchev–Trinajstić information content (AvgIpc) is 2.47. The van der Waals surface area contributed by atoms with E-state index < -0.39 is 0 Å². The van der Waals surface area contributed by atoms with Gasteiger partial charge in [-0.3, -0.25) is 4.79 Å². The SMILES string of the molecule is Cc1cc(NC(=O)c2ccccc2Cl)ccc1C#CCO. The summed E-state index contributed by atoms with van der Waals surface area (Å²) in [6, 6.07) is 12.3. The summed E-state index contributed by atoms with van der Waals surface area (Å²) in [5.74, 6) is 5.19. The molecule has 0 bridgehead atoms. The summed E-state index contributed by atoms with van der Waals surface area (Å²) in [6.45, 7) is 1.72. The summed E-state index contributed by atoms with van der Waals surface area (Å²) in [5, 5.41) is 11.9. The van der Waals surface area contributed by atoms with Crippen molar-refractivity contribution in [3.8, 4) is 11.8 Å². The van der Waals surface area contributed by atoms with Crippen LogP contribution in [0.4, 0.5) is 5.69 Å². The van der Waals surface area contributed by atoms with Crippen LogP contribution in [0.25, 0.3) is 0 Å². The molecule has 0 saturated carbocycles. The molecule has 0 radical (unpaired) electrons. The summed E-state index contributed by atoms with van der Waals surface area (Å²) >= 11 is 6.00. The number of nitrogens with one attached hydrogen (secondary N) is 1. The largest absolute Gasteiger partial charge is 0.384 e. The van der Waals surface area contributed by atoms with Crippen molar-refractivity contribution in [1.29, 1.82) is 0 Å². The zero-order valence-corrected chi connectivity index (χ0v) is 12.2. The number of hydrogen-bond acceptors (Lipinski definition) is 2. The normalized spacial score (nSPS) is 9.67. The topological polar surface area (TPSA) is 49.3 Å². The summed E-state index contributed by atoms with van der Waals surface area (Å²) in [7, 11) is 0. The number of carbonyl (C=O) groups excluding carboxylic acids is 1. The predicted molar refractivity (Wildman–Crippen MR) is 84.5 cm³/mol. The van der Waals surface area contributed by atoms with E-state index in [1.165, 1.54) is 0 Å². The summed E-state index contributed by atoms with van der Waals surface area (Å²) in [6.07, 6.45) is 0. The van der Waals surface area contributed by atoms with E-state index in [4.69, 9.17) is 16.7 Å². The lowest BCUT2D eigenvalue weighted by Gasteiger charge is -2.08. The van der Waals surface area contributed by atoms with Crippen molar-refractivity contribution in [1.82, 2.24) is 0 Å². The minimum Gasteiger partial charge on any atom is -0.384 e. The van der Waals surface area contributed by atoms with Crippen LogP contribution >= 0.6 is 11.6 Å². The fraction of sp³-hybridized carbons (Fsp3) is 0.118. The molecule has 0 atom stereocenters. The number of rotatable bonds is 2. The maximum Gasteiger partial charge on any atom is 0.257 e. The Bertz CT molecular complexity index is 729. The standard InChI is InChI=1S/C17H14ClNO2/c1-12-11-14(9-8-13(12)5-4-10-20)19-17(21)15-6-2-3-7-16(15)18/h2-3,6-9,11,20H,10H2,1H3,(H,19,21). The summed E-state index contributed by atoms with van der Waals surface area (Å²) in [4.78, 5) is 12.1. The van der Waals surface area contributed by atoms with Gasteiger partial charge in [0, 0.05) is 11.3 Å². The molecular weight excluding hydrogens is 286 g/mol. The number of aliphatic hydroxyl groups excluding tert-OH is 1. The van der Waals surface area contributed by atoms with Crippen molar-refractivity contribution in [2.45, 2.75) is 6.92 Å². The van der Waals surface area contributed by atoms with Crippen LogP contribution in [0.3, 0.4) is 0 Å². The lowest BCUT2D eigenvalue weighted by Crippen LogP contribution is -2.12. The molecular formula is C17H14ClNO2. The Kier molecular flexibility index (Phi) is 4.99. The zero-order chi connectivity index (χ0) is 15.2. The third-order valence-electron chi connectivity index (χ3n) is 2.90. The third-order valence-corrected chi connectivity index (χ3v) is 3.23. The van der Waals surface area contributed by atoms with Gasteiger partial charge in [-0.15, -0.1) is 0 Å². The van der Waals surface area contributed by atoms with Crippen molar-refractivity contribution in [2.24, 2.45) is 0 Å². The van der Waals surface area contributed by atoms with E-state index in [2.05, 4.69) is 17.2 Å². The molecule has 0 saturated heterocycles. The first-order valence-electron chi connectivity index (χ1n) is 6.38. The predicted octanol–water partition coefficient (Wildman–Crippen LogP) is 3.24. The fourth-order valence-electron chi connectivity index (χ4n) is 1.86. The molecule has 3 nitrogen and oxygen atoms in total. The van der Waals surface area contributed by atoms with Crippen LogP contribution in [0.2, 0.25) is 5.02 Å². The molecule has 0 aliphatic rings. The first kappa shape index (κ1) is 15.1. The first-order chi connectivity index (χ1) is 10.1. The van der Waals surface area contributed by atoms with Gasteiger partial charge in [0.1, 0.15) is 6.61 Å². The minimum absolute atomic E-state index is 0.176. The maximum atomic E-state index is 12.1. The lowest BCUT2D eigenvalue weighted by atomic mass is 10.1.